The number of hydrogen-bond acceptors (Lipinski definition) is 4. The Bertz CT molecular complexity index is 948. The zero-order valence-electron chi connectivity index (χ0n) is 20.7. The molecule has 2 atom stereocenters. The molecule has 0 radical (unpaired) electrons. The quantitative estimate of drug-likeness (QED) is 0.606. The van der Waals surface area contributed by atoms with Gasteiger partial charge in [0.25, 0.3) is 0 Å². The molecule has 1 aliphatic heterocycles. The number of ether oxygens (including phenoxy) is 1. The van der Waals surface area contributed by atoms with E-state index in [0.717, 1.165) is 24.2 Å². The van der Waals surface area contributed by atoms with E-state index < -0.39 is 0 Å². The van der Waals surface area contributed by atoms with Crippen LogP contribution in [0.4, 0.5) is 4.79 Å². The van der Waals surface area contributed by atoms with Crippen molar-refractivity contribution in [1.82, 2.24) is 15.1 Å². The maximum Gasteiger partial charge on any atom is 0.318 e. The summed E-state index contributed by atoms with van der Waals surface area (Å²) in [7, 11) is 0. The molecule has 1 aromatic heterocycles. The third kappa shape index (κ3) is 6.50. The van der Waals surface area contributed by atoms with Crippen molar-refractivity contribution in [2.24, 2.45) is 0 Å². The van der Waals surface area contributed by atoms with Gasteiger partial charge in [0, 0.05) is 23.0 Å². The Morgan fingerprint density at radius 1 is 1.24 bits per heavy atom. The van der Waals surface area contributed by atoms with E-state index in [1.165, 1.54) is 10.4 Å². The van der Waals surface area contributed by atoms with Gasteiger partial charge in [-0.2, -0.15) is 0 Å². The molecule has 0 saturated carbocycles. The molecular formula is C26H37N3O3S. The molecule has 180 valence electrons. The largest absolute Gasteiger partial charge is 0.491 e. The molecule has 0 unspecified atom stereocenters. The molecule has 0 saturated heterocycles. The highest BCUT2D eigenvalue weighted by molar-refractivity contribution is 7.10. The minimum atomic E-state index is -0.368. The van der Waals surface area contributed by atoms with E-state index in [-0.39, 0.29) is 36.1 Å². The van der Waals surface area contributed by atoms with Gasteiger partial charge in [-0.15, -0.1) is 11.3 Å². The Labute approximate surface area is 201 Å². The van der Waals surface area contributed by atoms with Crippen LogP contribution in [-0.2, 0) is 11.2 Å². The fourth-order valence-electron chi connectivity index (χ4n) is 3.96. The number of nitrogens with one attached hydrogen (secondary N) is 1. The summed E-state index contributed by atoms with van der Waals surface area (Å²) in [6.45, 7) is 13.0. The Balaban J connectivity index is 1.78. The molecule has 3 amide bonds. The molecular weight excluding hydrogens is 434 g/mol. The first kappa shape index (κ1) is 25.1. The number of rotatable bonds is 7. The number of fused-ring (bicyclic) bond motifs is 1. The lowest BCUT2D eigenvalue weighted by Gasteiger charge is -2.38. The van der Waals surface area contributed by atoms with Crippen LogP contribution < -0.4 is 10.1 Å². The van der Waals surface area contributed by atoms with Gasteiger partial charge in [0.15, 0.2) is 0 Å². The molecule has 6 nitrogen and oxygen atoms in total. The van der Waals surface area contributed by atoms with Crippen molar-refractivity contribution in [1.29, 1.82) is 0 Å². The second-order valence-electron chi connectivity index (χ2n) is 9.84. The van der Waals surface area contributed by atoms with Crippen molar-refractivity contribution < 1.29 is 14.3 Å². The number of urea groups is 1. The summed E-state index contributed by atoms with van der Waals surface area (Å²) in [5.74, 6) is 0.745. The van der Waals surface area contributed by atoms with Gasteiger partial charge < -0.3 is 19.9 Å². The van der Waals surface area contributed by atoms with Crippen molar-refractivity contribution >= 4 is 23.3 Å². The number of carbonyl (C=O) groups excluding carboxylic acids is 2. The molecule has 2 aromatic rings. The predicted octanol–water partition coefficient (Wildman–Crippen LogP) is 5.17. The summed E-state index contributed by atoms with van der Waals surface area (Å²) >= 11 is 1.73. The maximum atomic E-state index is 13.5. The van der Waals surface area contributed by atoms with Crippen molar-refractivity contribution in [2.75, 3.05) is 19.7 Å². The average Bonchev–Trinajstić information content (AvgIpc) is 3.24. The third-order valence-corrected chi connectivity index (χ3v) is 7.01. The zero-order chi connectivity index (χ0) is 24.2. The lowest BCUT2D eigenvalue weighted by molar-refractivity contribution is -0.136. The number of nitrogens with zero attached hydrogens (tertiary/aromatic N) is 2. The SMILES string of the molecule is CC[C@H](C)N(CC(=O)N1CCc2sccc2[C@@H]1COc1ccc(C)cc1)C(=O)NC(C)(C)C. The summed E-state index contributed by atoms with van der Waals surface area (Å²) in [6, 6.07) is 9.64. The van der Waals surface area contributed by atoms with Gasteiger partial charge in [-0.05, 0) is 76.6 Å². The highest BCUT2D eigenvalue weighted by atomic mass is 32.1. The van der Waals surface area contributed by atoms with Gasteiger partial charge >= 0.3 is 6.03 Å². The van der Waals surface area contributed by atoms with Crippen LogP contribution in [0.3, 0.4) is 0 Å². The molecule has 1 N–H and O–H groups in total. The van der Waals surface area contributed by atoms with Gasteiger partial charge in [-0.25, -0.2) is 4.79 Å². The smallest absolute Gasteiger partial charge is 0.318 e. The highest BCUT2D eigenvalue weighted by Crippen LogP contribution is 2.34. The van der Waals surface area contributed by atoms with Crippen LogP contribution in [0, 0.1) is 6.92 Å². The van der Waals surface area contributed by atoms with E-state index in [2.05, 4.69) is 16.8 Å². The summed E-state index contributed by atoms with van der Waals surface area (Å²) in [4.78, 5) is 31.4. The lowest BCUT2D eigenvalue weighted by atomic mass is 10.00. The minimum absolute atomic E-state index is 0.0416. The van der Waals surface area contributed by atoms with Gasteiger partial charge in [0.2, 0.25) is 5.91 Å². The Hall–Kier alpha value is -2.54. The van der Waals surface area contributed by atoms with Gasteiger partial charge in [0.05, 0.1) is 6.04 Å². The maximum absolute atomic E-state index is 13.5. The highest BCUT2D eigenvalue weighted by Gasteiger charge is 2.34. The Morgan fingerprint density at radius 3 is 2.58 bits per heavy atom. The number of benzene rings is 1. The van der Waals surface area contributed by atoms with Crippen LogP contribution in [-0.4, -0.2) is 53.0 Å². The van der Waals surface area contributed by atoms with Gasteiger partial charge in [-0.1, -0.05) is 24.6 Å². The number of aryl methyl sites for hydroxylation is 1. The van der Waals surface area contributed by atoms with Crippen molar-refractivity contribution in [3.05, 3.63) is 51.7 Å². The average molecular weight is 472 g/mol. The topological polar surface area (TPSA) is 61.9 Å². The van der Waals surface area contributed by atoms with Crippen LogP contribution >= 0.6 is 11.3 Å². The fraction of sp³-hybridized carbons (Fsp3) is 0.538. The molecule has 33 heavy (non-hydrogen) atoms. The second-order valence-corrected chi connectivity index (χ2v) is 10.8. The number of amides is 3. The summed E-state index contributed by atoms with van der Waals surface area (Å²) < 4.78 is 6.11. The molecule has 7 heteroatoms. The first-order valence-corrected chi connectivity index (χ1v) is 12.6. The van der Waals surface area contributed by atoms with Crippen molar-refractivity contribution in [3.8, 4) is 5.75 Å². The van der Waals surface area contributed by atoms with Crippen molar-refractivity contribution in [2.45, 2.75) is 72.0 Å². The number of thiophene rings is 1. The van der Waals surface area contributed by atoms with Crippen molar-refractivity contribution in [3.63, 3.8) is 0 Å². The Kier molecular flexibility index (Phi) is 8.05. The lowest BCUT2D eigenvalue weighted by Crippen LogP contribution is -2.55. The van der Waals surface area contributed by atoms with Gasteiger partial charge in [0.1, 0.15) is 18.9 Å². The van der Waals surface area contributed by atoms with E-state index in [0.29, 0.717) is 13.2 Å². The Morgan fingerprint density at radius 2 is 1.94 bits per heavy atom. The van der Waals surface area contributed by atoms with Crippen LogP contribution in [0.1, 0.15) is 63.1 Å². The standard InChI is InChI=1S/C26H37N3O3S/c1-7-19(3)29(25(31)27-26(4,5)6)16-24(30)28-14-12-23-21(13-15-33-23)22(28)17-32-20-10-8-18(2)9-11-20/h8-11,13,15,19,22H,7,12,14,16-17H2,1-6H3,(H,27,31)/t19-,22-/m0/s1. The van der Waals surface area contributed by atoms with E-state index >= 15 is 0 Å². The number of carbonyl (C=O) groups is 2. The first-order chi connectivity index (χ1) is 15.6. The van der Waals surface area contributed by atoms with Crippen LogP contribution in [0.2, 0.25) is 0 Å². The van der Waals surface area contributed by atoms with Crippen LogP contribution in [0.25, 0.3) is 0 Å². The van der Waals surface area contributed by atoms with E-state index in [1.54, 1.807) is 16.2 Å². The van der Waals surface area contributed by atoms with Gasteiger partial charge in [-0.3, -0.25) is 4.79 Å². The number of hydrogen-bond donors (Lipinski definition) is 1. The molecule has 3 rings (SSSR count). The summed E-state index contributed by atoms with van der Waals surface area (Å²) in [6.07, 6.45) is 1.61. The van der Waals surface area contributed by atoms with Crippen LogP contribution in [0.15, 0.2) is 35.7 Å². The second kappa shape index (κ2) is 10.6. The fourth-order valence-corrected chi connectivity index (χ4v) is 4.89. The normalized spacial score (nSPS) is 16.7. The first-order valence-electron chi connectivity index (χ1n) is 11.7. The summed E-state index contributed by atoms with van der Waals surface area (Å²) in [5, 5.41) is 5.09. The van der Waals surface area contributed by atoms with E-state index in [4.69, 9.17) is 4.74 Å². The van der Waals surface area contributed by atoms with E-state index in [9.17, 15) is 9.59 Å². The zero-order valence-corrected chi connectivity index (χ0v) is 21.5. The van der Waals surface area contributed by atoms with Crippen LogP contribution in [0.5, 0.6) is 5.75 Å². The monoisotopic (exact) mass is 471 g/mol. The molecule has 0 fully saturated rings. The third-order valence-electron chi connectivity index (χ3n) is 6.02. The summed E-state index contributed by atoms with van der Waals surface area (Å²) in [5.41, 5.74) is 1.96. The molecule has 0 bridgehead atoms. The minimum Gasteiger partial charge on any atom is -0.491 e. The molecule has 1 aromatic carbocycles. The van der Waals surface area contributed by atoms with E-state index in [1.807, 2.05) is 70.7 Å². The predicted molar refractivity (Wildman–Crippen MR) is 134 cm³/mol. The molecule has 2 heterocycles. The molecule has 1 aliphatic rings. The molecule has 0 spiro atoms. The molecule has 0 aliphatic carbocycles.